The van der Waals surface area contributed by atoms with E-state index >= 15 is 0 Å². The van der Waals surface area contributed by atoms with Crippen LogP contribution in [0.5, 0.6) is 0 Å². The number of fused-ring (bicyclic) bond motifs is 2. The molecule has 0 saturated carbocycles. The molecule has 9 heteroatoms. The van der Waals surface area contributed by atoms with Gasteiger partial charge in [0.15, 0.2) is 5.82 Å². The summed E-state index contributed by atoms with van der Waals surface area (Å²) in [6.07, 6.45) is 5.23. The summed E-state index contributed by atoms with van der Waals surface area (Å²) in [5, 5.41) is 10.3. The highest BCUT2D eigenvalue weighted by Crippen LogP contribution is 2.37. The lowest BCUT2D eigenvalue weighted by Gasteiger charge is -2.31. The molecular weight excluding hydrogens is 457 g/mol. The molecule has 1 aliphatic rings. The minimum atomic E-state index is -0.249. The Morgan fingerprint density at radius 3 is 2.64 bits per heavy atom. The lowest BCUT2D eigenvalue weighted by Crippen LogP contribution is -2.36. The summed E-state index contributed by atoms with van der Waals surface area (Å²) in [4.78, 5) is 17.9. The normalized spacial score (nSPS) is 14.7. The van der Waals surface area contributed by atoms with Crippen molar-refractivity contribution in [1.29, 1.82) is 0 Å². The number of nitrogens with zero attached hydrogens (tertiary/aromatic N) is 6. The van der Waals surface area contributed by atoms with Crippen LogP contribution in [0.3, 0.4) is 0 Å². The van der Waals surface area contributed by atoms with E-state index in [1.54, 1.807) is 19.1 Å². The lowest BCUT2D eigenvalue weighted by molar-refractivity contribution is -0.129. The van der Waals surface area contributed by atoms with Crippen molar-refractivity contribution in [2.45, 2.75) is 32.2 Å². The van der Waals surface area contributed by atoms with Crippen molar-refractivity contribution < 1.29 is 9.18 Å². The second-order valence-electron chi connectivity index (χ2n) is 9.40. The minimum absolute atomic E-state index is 0.118. The molecule has 0 aliphatic carbocycles. The first-order valence-electron chi connectivity index (χ1n) is 12.1. The first kappa shape index (κ1) is 22.2. The molecule has 0 bridgehead atoms. The number of benzene rings is 2. The zero-order valence-corrected chi connectivity index (χ0v) is 19.9. The van der Waals surface area contributed by atoms with Crippen molar-refractivity contribution in [3.8, 4) is 11.1 Å². The zero-order chi connectivity index (χ0) is 24.8. The van der Waals surface area contributed by atoms with Gasteiger partial charge < -0.3 is 10.6 Å². The first-order chi connectivity index (χ1) is 17.5. The number of hydrogen-bond acceptors (Lipinski definition) is 5. The number of halogens is 1. The molecule has 2 aromatic carbocycles. The first-order valence-corrected chi connectivity index (χ1v) is 12.1. The van der Waals surface area contributed by atoms with E-state index in [0.717, 1.165) is 64.7 Å². The molecule has 1 aliphatic heterocycles. The van der Waals surface area contributed by atoms with Gasteiger partial charge in [-0.15, -0.1) is 0 Å². The van der Waals surface area contributed by atoms with Gasteiger partial charge in [0.25, 0.3) is 0 Å². The highest BCUT2D eigenvalue weighted by molar-refractivity contribution is 5.92. The Morgan fingerprint density at radius 1 is 1.11 bits per heavy atom. The standard InChI is InChI=1S/C27H26FN7O/c1-17(36)33-10-8-19(9-11-33)25-13-23(26-27(29)30-16-31-35(25)26)20-4-5-21-15-34(32-24(21)12-20)14-18-2-6-22(28)7-3-18/h2-7,12-13,15-16,19H,8-11,14H2,1H3,(H2,29,30,31). The van der Waals surface area contributed by atoms with Crippen LogP contribution in [0.1, 0.15) is 36.9 Å². The number of anilines is 1. The van der Waals surface area contributed by atoms with Gasteiger partial charge in [-0.2, -0.15) is 10.2 Å². The average Bonchev–Trinajstić information content (AvgIpc) is 3.47. The van der Waals surface area contributed by atoms with E-state index in [-0.39, 0.29) is 17.6 Å². The van der Waals surface area contributed by atoms with Crippen LogP contribution in [0.25, 0.3) is 27.5 Å². The lowest BCUT2D eigenvalue weighted by atomic mass is 9.93. The van der Waals surface area contributed by atoms with Gasteiger partial charge in [0.1, 0.15) is 17.7 Å². The van der Waals surface area contributed by atoms with Gasteiger partial charge in [0.05, 0.1) is 12.1 Å². The molecule has 0 spiro atoms. The summed E-state index contributed by atoms with van der Waals surface area (Å²) in [6, 6.07) is 14.8. The largest absolute Gasteiger partial charge is 0.382 e. The maximum absolute atomic E-state index is 13.3. The quantitative estimate of drug-likeness (QED) is 0.413. The predicted octanol–water partition coefficient (Wildman–Crippen LogP) is 4.24. The van der Waals surface area contributed by atoms with Crippen molar-refractivity contribution >= 4 is 28.1 Å². The van der Waals surface area contributed by atoms with Gasteiger partial charge in [0, 0.05) is 48.8 Å². The SMILES string of the molecule is CC(=O)N1CCC(c2cc(-c3ccc4cn(Cc5ccc(F)cc5)nc4c3)c3c(N)ncnn23)CC1. The van der Waals surface area contributed by atoms with Crippen LogP contribution in [0.4, 0.5) is 10.2 Å². The molecule has 0 unspecified atom stereocenters. The number of rotatable bonds is 4. The number of nitrogens with two attached hydrogens (primary N) is 1. The Bertz CT molecular complexity index is 1580. The van der Waals surface area contributed by atoms with Crippen molar-refractivity contribution in [3.05, 3.63) is 78.1 Å². The van der Waals surface area contributed by atoms with Crippen molar-refractivity contribution in [2.75, 3.05) is 18.8 Å². The molecule has 4 heterocycles. The summed E-state index contributed by atoms with van der Waals surface area (Å²) in [7, 11) is 0. The van der Waals surface area contributed by atoms with E-state index in [2.05, 4.69) is 28.3 Å². The Kier molecular flexibility index (Phi) is 5.40. The summed E-state index contributed by atoms with van der Waals surface area (Å²) in [6.45, 7) is 3.65. The van der Waals surface area contributed by atoms with Gasteiger partial charge >= 0.3 is 0 Å². The fourth-order valence-electron chi connectivity index (χ4n) is 5.19. The number of hydrogen-bond donors (Lipinski definition) is 1. The van der Waals surface area contributed by atoms with Gasteiger partial charge in [-0.1, -0.05) is 24.3 Å². The number of aromatic nitrogens is 5. The van der Waals surface area contributed by atoms with Crippen LogP contribution < -0.4 is 5.73 Å². The summed E-state index contributed by atoms with van der Waals surface area (Å²) < 4.78 is 17.0. The van der Waals surface area contributed by atoms with Crippen LogP contribution in [-0.2, 0) is 11.3 Å². The smallest absolute Gasteiger partial charge is 0.219 e. The van der Waals surface area contributed by atoms with Crippen LogP contribution >= 0.6 is 0 Å². The molecule has 0 atom stereocenters. The van der Waals surface area contributed by atoms with Gasteiger partial charge in [-0.25, -0.2) is 13.9 Å². The van der Waals surface area contributed by atoms with Crippen LogP contribution in [-0.4, -0.2) is 48.3 Å². The molecule has 182 valence electrons. The van der Waals surface area contributed by atoms with Gasteiger partial charge in [-0.05, 0) is 48.2 Å². The van der Waals surface area contributed by atoms with E-state index in [1.165, 1.54) is 18.5 Å². The molecule has 2 N–H and O–H groups in total. The number of nitrogen functional groups attached to an aromatic ring is 1. The number of carbonyl (C=O) groups excluding carboxylic acids is 1. The van der Waals surface area contributed by atoms with Gasteiger partial charge in [0.2, 0.25) is 5.91 Å². The van der Waals surface area contributed by atoms with Crippen LogP contribution in [0.2, 0.25) is 0 Å². The van der Waals surface area contributed by atoms with Crippen molar-refractivity contribution in [1.82, 2.24) is 29.3 Å². The average molecular weight is 484 g/mol. The maximum Gasteiger partial charge on any atom is 0.219 e. The summed E-state index contributed by atoms with van der Waals surface area (Å²) in [5.74, 6) is 0.567. The van der Waals surface area contributed by atoms with E-state index in [9.17, 15) is 9.18 Å². The second-order valence-corrected chi connectivity index (χ2v) is 9.40. The zero-order valence-electron chi connectivity index (χ0n) is 19.9. The van der Waals surface area contributed by atoms with E-state index in [4.69, 9.17) is 10.8 Å². The molecule has 8 nitrogen and oxygen atoms in total. The molecule has 1 saturated heterocycles. The third-order valence-electron chi connectivity index (χ3n) is 7.09. The van der Waals surface area contributed by atoms with Crippen molar-refractivity contribution in [2.24, 2.45) is 0 Å². The Hall–Kier alpha value is -4.27. The highest BCUT2D eigenvalue weighted by atomic mass is 19.1. The second kappa shape index (κ2) is 8.75. The molecule has 1 fully saturated rings. The van der Waals surface area contributed by atoms with Crippen LogP contribution in [0.15, 0.2) is 61.1 Å². The Balaban J connectivity index is 1.36. The topological polar surface area (TPSA) is 94.3 Å². The molecule has 0 radical (unpaired) electrons. The van der Waals surface area contributed by atoms with Gasteiger partial charge in [-0.3, -0.25) is 9.48 Å². The molecule has 5 aromatic rings. The molecule has 3 aromatic heterocycles. The Labute approximate surface area is 207 Å². The third-order valence-corrected chi connectivity index (χ3v) is 7.09. The van der Waals surface area contributed by atoms with E-state index in [0.29, 0.717) is 12.4 Å². The monoisotopic (exact) mass is 483 g/mol. The predicted molar refractivity (Wildman–Crippen MR) is 136 cm³/mol. The fraction of sp³-hybridized carbons (Fsp3) is 0.259. The molecule has 36 heavy (non-hydrogen) atoms. The number of amides is 1. The number of likely N-dealkylation sites (tertiary alicyclic amines) is 1. The number of carbonyl (C=O) groups is 1. The van der Waals surface area contributed by atoms with Crippen molar-refractivity contribution in [3.63, 3.8) is 0 Å². The molecular formula is C27H26FN7O. The fourth-order valence-corrected chi connectivity index (χ4v) is 5.19. The highest BCUT2D eigenvalue weighted by Gasteiger charge is 2.26. The summed E-state index contributed by atoms with van der Waals surface area (Å²) in [5.41, 5.74) is 12.0. The minimum Gasteiger partial charge on any atom is -0.382 e. The molecule has 6 rings (SSSR count). The third kappa shape index (κ3) is 3.96. The summed E-state index contributed by atoms with van der Waals surface area (Å²) >= 11 is 0. The molecule has 1 amide bonds. The number of piperidine rings is 1. The van der Waals surface area contributed by atoms with E-state index < -0.39 is 0 Å². The Morgan fingerprint density at radius 2 is 1.89 bits per heavy atom. The van der Waals surface area contributed by atoms with E-state index in [1.807, 2.05) is 26.4 Å². The maximum atomic E-state index is 13.3. The van der Waals surface area contributed by atoms with Crippen LogP contribution in [0, 0.1) is 5.82 Å².